The number of likely N-dealkylation sites (N-methyl/N-ethyl adjacent to an activating group) is 1. The van der Waals surface area contributed by atoms with Crippen LogP contribution in [0.4, 0.5) is 17.2 Å². The van der Waals surface area contributed by atoms with Crippen LogP contribution in [0.25, 0.3) is 10.2 Å². The van der Waals surface area contributed by atoms with E-state index in [9.17, 15) is 0 Å². The van der Waals surface area contributed by atoms with E-state index in [2.05, 4.69) is 92.8 Å². The fraction of sp³-hybridized carbons (Fsp3) is 0.333. The summed E-state index contributed by atoms with van der Waals surface area (Å²) in [7, 11) is 0. The molecule has 5 rings (SSSR count). The zero-order valence-electron chi connectivity index (χ0n) is 19.4. The summed E-state index contributed by atoms with van der Waals surface area (Å²) in [6, 6.07) is 17.4. The number of benzene rings is 2. The van der Waals surface area contributed by atoms with Gasteiger partial charge in [-0.15, -0.1) is 11.3 Å². The minimum atomic E-state index is 0.886. The number of thiophene rings is 1. The van der Waals surface area contributed by atoms with Crippen LogP contribution in [0.15, 0.2) is 60.2 Å². The van der Waals surface area contributed by atoms with Crippen molar-refractivity contribution in [3.63, 3.8) is 0 Å². The van der Waals surface area contributed by atoms with Crippen molar-refractivity contribution in [2.45, 2.75) is 26.7 Å². The molecule has 1 N–H and O–H groups in total. The monoisotopic (exact) mass is 457 g/mol. The number of nitrogens with one attached hydrogen (secondary N) is 1. The van der Waals surface area contributed by atoms with Gasteiger partial charge in [0.05, 0.1) is 10.2 Å². The predicted molar refractivity (Wildman–Crippen MR) is 140 cm³/mol. The highest BCUT2D eigenvalue weighted by atomic mass is 32.1. The molecule has 1 saturated heterocycles. The van der Waals surface area contributed by atoms with Gasteiger partial charge in [-0.25, -0.2) is 9.97 Å². The number of aromatic nitrogens is 2. The highest BCUT2D eigenvalue weighted by Gasteiger charge is 2.16. The predicted octanol–water partition coefficient (Wildman–Crippen LogP) is 5.67. The minimum Gasteiger partial charge on any atom is -0.369 e. The van der Waals surface area contributed by atoms with Gasteiger partial charge in [0.2, 0.25) is 0 Å². The van der Waals surface area contributed by atoms with Crippen LogP contribution < -0.4 is 10.2 Å². The number of anilines is 3. The highest BCUT2D eigenvalue weighted by molar-refractivity contribution is 7.18. The lowest BCUT2D eigenvalue weighted by Gasteiger charge is -2.35. The molecule has 5 nitrogen and oxygen atoms in total. The molecule has 3 heterocycles. The summed E-state index contributed by atoms with van der Waals surface area (Å²) in [6.07, 6.45) is 3.69. The van der Waals surface area contributed by atoms with E-state index in [4.69, 9.17) is 0 Å². The Balaban J connectivity index is 1.28. The van der Waals surface area contributed by atoms with Crippen molar-refractivity contribution < 1.29 is 0 Å². The Bertz CT molecular complexity index is 1210. The second-order valence-electron chi connectivity index (χ2n) is 8.68. The normalized spacial score (nSPS) is 14.7. The summed E-state index contributed by atoms with van der Waals surface area (Å²) in [6.45, 7) is 10.0. The van der Waals surface area contributed by atoms with E-state index in [0.717, 1.165) is 67.3 Å². The van der Waals surface area contributed by atoms with Crippen LogP contribution in [-0.2, 0) is 12.8 Å². The molecule has 0 bridgehead atoms. The molecular weight excluding hydrogens is 426 g/mol. The van der Waals surface area contributed by atoms with Gasteiger partial charge in [0, 0.05) is 37.6 Å². The van der Waals surface area contributed by atoms with Crippen LogP contribution in [0.3, 0.4) is 0 Å². The third-order valence-electron chi connectivity index (χ3n) is 6.67. The SMILES string of the molecule is CCN1CCN(c2ccc(Nc3ncnc4c(CCc5ccccc5C)csc34)cc2)CC1. The average Bonchev–Trinajstić information content (AvgIpc) is 3.28. The largest absolute Gasteiger partial charge is 0.369 e. The Morgan fingerprint density at radius 1 is 0.909 bits per heavy atom. The topological polar surface area (TPSA) is 44.3 Å². The van der Waals surface area contributed by atoms with Gasteiger partial charge in [-0.3, -0.25) is 0 Å². The average molecular weight is 458 g/mol. The van der Waals surface area contributed by atoms with E-state index in [0.29, 0.717) is 0 Å². The molecule has 4 aromatic rings. The Morgan fingerprint density at radius 2 is 1.67 bits per heavy atom. The molecule has 0 unspecified atom stereocenters. The molecular formula is C27H31N5S. The first-order valence-corrected chi connectivity index (χ1v) is 12.7. The first-order chi connectivity index (χ1) is 16.2. The van der Waals surface area contributed by atoms with Crippen molar-refractivity contribution >= 4 is 38.7 Å². The summed E-state index contributed by atoms with van der Waals surface area (Å²) < 4.78 is 1.12. The molecule has 0 atom stereocenters. The molecule has 1 fully saturated rings. The molecule has 1 aliphatic rings. The summed E-state index contributed by atoms with van der Waals surface area (Å²) >= 11 is 1.73. The third-order valence-corrected chi connectivity index (χ3v) is 7.69. The molecule has 2 aromatic carbocycles. The number of nitrogens with zero attached hydrogens (tertiary/aromatic N) is 4. The molecule has 1 aliphatic heterocycles. The number of piperazine rings is 1. The zero-order chi connectivity index (χ0) is 22.6. The number of fused-ring (bicyclic) bond motifs is 1. The molecule has 2 aromatic heterocycles. The highest BCUT2D eigenvalue weighted by Crippen LogP contribution is 2.32. The maximum Gasteiger partial charge on any atom is 0.151 e. The minimum absolute atomic E-state index is 0.886. The zero-order valence-corrected chi connectivity index (χ0v) is 20.2. The molecule has 0 radical (unpaired) electrons. The fourth-order valence-corrected chi connectivity index (χ4v) is 5.54. The Hall–Kier alpha value is -2.96. The third kappa shape index (κ3) is 4.87. The van der Waals surface area contributed by atoms with Crippen LogP contribution >= 0.6 is 11.3 Å². The fourth-order valence-electron chi connectivity index (χ4n) is 4.54. The van der Waals surface area contributed by atoms with Crippen LogP contribution in [0.5, 0.6) is 0 Å². The van der Waals surface area contributed by atoms with E-state index in [1.54, 1.807) is 17.7 Å². The first-order valence-electron chi connectivity index (χ1n) is 11.8. The van der Waals surface area contributed by atoms with E-state index < -0.39 is 0 Å². The summed E-state index contributed by atoms with van der Waals surface area (Å²) in [5.74, 6) is 0.886. The lowest BCUT2D eigenvalue weighted by Crippen LogP contribution is -2.46. The quantitative estimate of drug-likeness (QED) is 0.387. The number of hydrogen-bond acceptors (Lipinski definition) is 6. The number of rotatable bonds is 7. The summed E-state index contributed by atoms with van der Waals surface area (Å²) in [5, 5.41) is 5.76. The van der Waals surface area contributed by atoms with E-state index in [1.807, 2.05) is 0 Å². The Kier molecular flexibility index (Phi) is 6.55. The number of hydrogen-bond donors (Lipinski definition) is 1. The van der Waals surface area contributed by atoms with Gasteiger partial charge in [-0.05, 0) is 72.6 Å². The van der Waals surface area contributed by atoms with Crippen molar-refractivity contribution in [2.24, 2.45) is 0 Å². The van der Waals surface area contributed by atoms with Crippen LogP contribution in [-0.4, -0.2) is 47.6 Å². The van der Waals surface area contributed by atoms with Crippen molar-refractivity contribution in [3.8, 4) is 0 Å². The van der Waals surface area contributed by atoms with Crippen molar-refractivity contribution in [3.05, 3.63) is 76.9 Å². The molecule has 170 valence electrons. The van der Waals surface area contributed by atoms with Gasteiger partial charge in [-0.2, -0.15) is 0 Å². The second kappa shape index (κ2) is 9.89. The lowest BCUT2D eigenvalue weighted by atomic mass is 10.0. The van der Waals surface area contributed by atoms with E-state index >= 15 is 0 Å². The Labute approximate surface area is 200 Å². The number of aryl methyl sites for hydroxylation is 3. The Morgan fingerprint density at radius 3 is 2.42 bits per heavy atom. The lowest BCUT2D eigenvalue weighted by molar-refractivity contribution is 0.271. The van der Waals surface area contributed by atoms with Crippen molar-refractivity contribution in [1.82, 2.24) is 14.9 Å². The first kappa shape index (κ1) is 21.9. The second-order valence-corrected chi connectivity index (χ2v) is 9.56. The van der Waals surface area contributed by atoms with Crippen molar-refractivity contribution in [2.75, 3.05) is 42.9 Å². The van der Waals surface area contributed by atoms with Gasteiger partial charge in [0.25, 0.3) is 0 Å². The maximum absolute atomic E-state index is 4.62. The molecule has 33 heavy (non-hydrogen) atoms. The van der Waals surface area contributed by atoms with Gasteiger partial charge in [-0.1, -0.05) is 31.2 Å². The summed E-state index contributed by atoms with van der Waals surface area (Å²) in [5.41, 5.74) is 7.46. The van der Waals surface area contributed by atoms with Crippen LogP contribution in [0, 0.1) is 6.92 Å². The summed E-state index contributed by atoms with van der Waals surface area (Å²) in [4.78, 5) is 14.1. The van der Waals surface area contributed by atoms with E-state index in [1.165, 1.54) is 22.4 Å². The van der Waals surface area contributed by atoms with Gasteiger partial charge < -0.3 is 15.1 Å². The van der Waals surface area contributed by atoms with Crippen molar-refractivity contribution in [1.29, 1.82) is 0 Å². The van der Waals surface area contributed by atoms with Crippen LogP contribution in [0.2, 0.25) is 0 Å². The van der Waals surface area contributed by atoms with Crippen LogP contribution in [0.1, 0.15) is 23.6 Å². The molecule has 0 saturated carbocycles. The smallest absolute Gasteiger partial charge is 0.151 e. The molecule has 0 aliphatic carbocycles. The van der Waals surface area contributed by atoms with E-state index in [-0.39, 0.29) is 0 Å². The molecule has 0 amide bonds. The van der Waals surface area contributed by atoms with Gasteiger partial charge >= 0.3 is 0 Å². The standard InChI is InChI=1S/C27H31N5S/c1-3-31-14-16-32(17-15-31)24-12-10-23(11-13-24)30-27-26-25(28-19-29-27)22(18-33-26)9-8-21-7-5-4-6-20(21)2/h4-7,10-13,18-19H,3,8-9,14-17H2,1-2H3,(H,28,29,30). The van der Waals surface area contributed by atoms with Gasteiger partial charge in [0.1, 0.15) is 6.33 Å². The maximum atomic E-state index is 4.62. The molecule has 0 spiro atoms. The van der Waals surface area contributed by atoms with Gasteiger partial charge in [0.15, 0.2) is 5.82 Å². The molecule has 6 heteroatoms.